The number of nitrogens with zero attached hydrogens (tertiary/aromatic N) is 2. The molecule has 144 valence electrons. The SMILES string of the molecule is CCC(CC)c1cc(CNC(=NC)NCC(C)c2ccccc2)on1.I. The van der Waals surface area contributed by atoms with E-state index in [1.165, 1.54) is 5.56 Å². The maximum absolute atomic E-state index is 5.44. The second kappa shape index (κ2) is 11.9. The molecule has 2 aromatic rings. The van der Waals surface area contributed by atoms with Crippen molar-refractivity contribution >= 4 is 29.9 Å². The second-order valence-electron chi connectivity index (χ2n) is 6.35. The summed E-state index contributed by atoms with van der Waals surface area (Å²) >= 11 is 0. The molecule has 1 unspecified atom stereocenters. The van der Waals surface area contributed by atoms with Crippen LogP contribution in [0.1, 0.15) is 62.5 Å². The number of hydrogen-bond donors (Lipinski definition) is 2. The summed E-state index contributed by atoms with van der Waals surface area (Å²) in [5.41, 5.74) is 2.36. The van der Waals surface area contributed by atoms with Gasteiger partial charge in [-0.25, -0.2) is 0 Å². The lowest BCUT2D eigenvalue weighted by molar-refractivity contribution is 0.368. The third-order valence-electron chi connectivity index (χ3n) is 4.58. The van der Waals surface area contributed by atoms with Gasteiger partial charge in [0.2, 0.25) is 0 Å². The lowest BCUT2D eigenvalue weighted by atomic mass is 9.99. The fraction of sp³-hybridized carbons (Fsp3) is 0.500. The zero-order valence-corrected chi connectivity index (χ0v) is 18.5. The molecule has 0 aliphatic rings. The highest BCUT2D eigenvalue weighted by Crippen LogP contribution is 2.22. The highest BCUT2D eigenvalue weighted by molar-refractivity contribution is 14.0. The number of nitrogens with one attached hydrogen (secondary N) is 2. The Morgan fingerprint density at radius 2 is 1.85 bits per heavy atom. The van der Waals surface area contributed by atoms with Gasteiger partial charge in [0.1, 0.15) is 0 Å². The molecule has 1 atom stereocenters. The Morgan fingerprint density at radius 1 is 1.15 bits per heavy atom. The molecule has 5 nitrogen and oxygen atoms in total. The number of aromatic nitrogens is 1. The van der Waals surface area contributed by atoms with Crippen molar-refractivity contribution in [3.05, 3.63) is 53.4 Å². The van der Waals surface area contributed by atoms with E-state index in [1.54, 1.807) is 7.05 Å². The molecule has 0 aliphatic heterocycles. The first kappa shape index (κ1) is 22.5. The first-order chi connectivity index (χ1) is 12.2. The van der Waals surface area contributed by atoms with Crippen molar-refractivity contribution in [2.45, 2.75) is 52.0 Å². The van der Waals surface area contributed by atoms with Gasteiger partial charge in [-0.05, 0) is 24.3 Å². The van der Waals surface area contributed by atoms with Crippen molar-refractivity contribution in [3.63, 3.8) is 0 Å². The second-order valence-corrected chi connectivity index (χ2v) is 6.35. The highest BCUT2D eigenvalue weighted by atomic mass is 127. The van der Waals surface area contributed by atoms with Crippen LogP contribution in [0.4, 0.5) is 0 Å². The summed E-state index contributed by atoms with van der Waals surface area (Å²) < 4.78 is 5.44. The molecule has 1 aromatic carbocycles. The standard InChI is InChI=1S/C20H30N4O.HI/c1-5-16(6-2)19-12-18(25-24-19)14-23-20(21-4)22-13-15(3)17-10-8-7-9-11-17;/h7-12,15-16H,5-6,13-14H2,1-4H3,(H2,21,22,23);1H. The summed E-state index contributed by atoms with van der Waals surface area (Å²) in [4.78, 5) is 4.28. The smallest absolute Gasteiger partial charge is 0.191 e. The Morgan fingerprint density at radius 3 is 2.46 bits per heavy atom. The molecule has 26 heavy (non-hydrogen) atoms. The van der Waals surface area contributed by atoms with Gasteiger partial charge in [-0.3, -0.25) is 4.99 Å². The van der Waals surface area contributed by atoms with Crippen LogP contribution in [0.15, 0.2) is 45.9 Å². The Kier molecular flexibility index (Phi) is 10.3. The molecule has 0 fully saturated rings. The predicted molar refractivity (Wildman–Crippen MR) is 118 cm³/mol. The molecule has 0 amide bonds. The first-order valence-corrected chi connectivity index (χ1v) is 9.12. The van der Waals surface area contributed by atoms with Gasteiger partial charge in [0, 0.05) is 25.6 Å². The largest absolute Gasteiger partial charge is 0.359 e. The van der Waals surface area contributed by atoms with Gasteiger partial charge >= 0.3 is 0 Å². The average Bonchev–Trinajstić information content (AvgIpc) is 3.12. The van der Waals surface area contributed by atoms with E-state index in [0.717, 1.165) is 36.8 Å². The van der Waals surface area contributed by atoms with Crippen molar-refractivity contribution in [2.75, 3.05) is 13.6 Å². The number of halogens is 1. The fourth-order valence-electron chi connectivity index (χ4n) is 2.85. The van der Waals surface area contributed by atoms with E-state index in [-0.39, 0.29) is 24.0 Å². The Balaban J connectivity index is 0.00000338. The molecule has 0 bridgehead atoms. The van der Waals surface area contributed by atoms with Crippen molar-refractivity contribution in [3.8, 4) is 0 Å². The van der Waals surface area contributed by atoms with Gasteiger partial charge in [-0.1, -0.05) is 56.3 Å². The zero-order valence-electron chi connectivity index (χ0n) is 16.2. The van der Waals surface area contributed by atoms with E-state index in [4.69, 9.17) is 4.52 Å². The molecule has 0 spiro atoms. The van der Waals surface area contributed by atoms with Crippen LogP contribution in [-0.4, -0.2) is 24.7 Å². The van der Waals surface area contributed by atoms with Crippen LogP contribution >= 0.6 is 24.0 Å². The third-order valence-corrected chi connectivity index (χ3v) is 4.58. The molecule has 0 saturated carbocycles. The summed E-state index contributed by atoms with van der Waals surface area (Å²) in [5, 5.41) is 10.9. The molecule has 0 radical (unpaired) electrons. The summed E-state index contributed by atoms with van der Waals surface area (Å²) in [5.74, 6) is 2.48. The quantitative estimate of drug-likeness (QED) is 0.335. The van der Waals surface area contributed by atoms with E-state index in [2.05, 4.69) is 65.8 Å². The third kappa shape index (κ3) is 6.63. The number of rotatable bonds is 8. The molecule has 0 aliphatic carbocycles. The van der Waals surface area contributed by atoms with Crippen molar-refractivity contribution < 1.29 is 4.52 Å². The minimum Gasteiger partial charge on any atom is -0.359 e. The number of hydrogen-bond acceptors (Lipinski definition) is 3. The Labute approximate surface area is 174 Å². The predicted octanol–water partition coefficient (Wildman–Crippen LogP) is 4.66. The van der Waals surface area contributed by atoms with Gasteiger partial charge in [0.05, 0.1) is 12.2 Å². The average molecular weight is 470 g/mol. The van der Waals surface area contributed by atoms with Crippen LogP contribution in [0.5, 0.6) is 0 Å². The van der Waals surface area contributed by atoms with Crippen LogP contribution in [-0.2, 0) is 6.54 Å². The topological polar surface area (TPSA) is 62.5 Å². The van der Waals surface area contributed by atoms with Crippen molar-refractivity contribution in [1.82, 2.24) is 15.8 Å². The van der Waals surface area contributed by atoms with Crippen LogP contribution in [0.2, 0.25) is 0 Å². The Bertz CT molecular complexity index is 653. The molecule has 1 heterocycles. The zero-order chi connectivity index (χ0) is 18.1. The van der Waals surface area contributed by atoms with E-state index in [0.29, 0.717) is 18.4 Å². The van der Waals surface area contributed by atoms with E-state index in [1.807, 2.05) is 12.1 Å². The number of benzene rings is 1. The van der Waals surface area contributed by atoms with Crippen LogP contribution in [0, 0.1) is 0 Å². The summed E-state index contributed by atoms with van der Waals surface area (Å²) in [6, 6.07) is 12.5. The summed E-state index contributed by atoms with van der Waals surface area (Å²) in [6.45, 7) is 7.96. The molecule has 0 saturated heterocycles. The van der Waals surface area contributed by atoms with E-state index < -0.39 is 0 Å². The van der Waals surface area contributed by atoms with Crippen LogP contribution in [0.25, 0.3) is 0 Å². The molecular weight excluding hydrogens is 439 g/mol. The highest BCUT2D eigenvalue weighted by Gasteiger charge is 2.13. The van der Waals surface area contributed by atoms with Gasteiger partial charge in [-0.15, -0.1) is 24.0 Å². The minimum atomic E-state index is 0. The maximum Gasteiger partial charge on any atom is 0.191 e. The van der Waals surface area contributed by atoms with Gasteiger partial charge in [-0.2, -0.15) is 0 Å². The van der Waals surface area contributed by atoms with Crippen molar-refractivity contribution in [2.24, 2.45) is 4.99 Å². The summed E-state index contributed by atoms with van der Waals surface area (Å²) in [6.07, 6.45) is 2.16. The molecule has 1 aromatic heterocycles. The lowest BCUT2D eigenvalue weighted by Crippen LogP contribution is -2.38. The number of guanidine groups is 1. The molecular formula is C20H31IN4O. The number of aliphatic imine (C=N–C) groups is 1. The van der Waals surface area contributed by atoms with Gasteiger partial charge < -0.3 is 15.2 Å². The van der Waals surface area contributed by atoms with Gasteiger partial charge in [0.15, 0.2) is 11.7 Å². The summed E-state index contributed by atoms with van der Waals surface area (Å²) in [7, 11) is 1.78. The van der Waals surface area contributed by atoms with Crippen LogP contribution in [0.3, 0.4) is 0 Å². The Hall–Kier alpha value is -1.57. The van der Waals surface area contributed by atoms with Gasteiger partial charge in [0.25, 0.3) is 0 Å². The molecule has 2 rings (SSSR count). The van der Waals surface area contributed by atoms with Crippen LogP contribution < -0.4 is 10.6 Å². The normalized spacial score (nSPS) is 12.6. The first-order valence-electron chi connectivity index (χ1n) is 9.12. The lowest BCUT2D eigenvalue weighted by Gasteiger charge is -2.15. The molecule has 2 N–H and O–H groups in total. The fourth-order valence-corrected chi connectivity index (χ4v) is 2.85. The monoisotopic (exact) mass is 470 g/mol. The van der Waals surface area contributed by atoms with E-state index >= 15 is 0 Å². The van der Waals surface area contributed by atoms with Crippen molar-refractivity contribution in [1.29, 1.82) is 0 Å². The maximum atomic E-state index is 5.44. The van der Waals surface area contributed by atoms with E-state index in [9.17, 15) is 0 Å². The minimum absolute atomic E-state index is 0. The molecule has 6 heteroatoms.